The van der Waals surface area contributed by atoms with Crippen LogP contribution in [0.1, 0.15) is 32.3 Å². The molecule has 7 nitrogen and oxygen atoms in total. The quantitative estimate of drug-likeness (QED) is 0.471. The van der Waals surface area contributed by atoms with Gasteiger partial charge in [0, 0.05) is 6.42 Å². The van der Waals surface area contributed by atoms with Crippen LogP contribution in [0.25, 0.3) is 0 Å². The lowest BCUT2D eigenvalue weighted by atomic mass is 9.95. The summed E-state index contributed by atoms with van der Waals surface area (Å²) in [6.45, 7) is 3.43. The number of nitrogens with two attached hydrogens (primary N) is 1. The second kappa shape index (κ2) is 7.13. The fraction of sp³-hybridized carbons (Fsp3) is 0.467. The van der Waals surface area contributed by atoms with Crippen LogP contribution in [0.15, 0.2) is 18.2 Å². The number of phenols is 2. The maximum absolute atomic E-state index is 12.1. The van der Waals surface area contributed by atoms with Gasteiger partial charge >= 0.3 is 5.97 Å². The third kappa shape index (κ3) is 4.63. The van der Waals surface area contributed by atoms with Gasteiger partial charge in [-0.2, -0.15) is 0 Å². The van der Waals surface area contributed by atoms with Gasteiger partial charge in [0.1, 0.15) is 6.04 Å². The Kier molecular flexibility index (Phi) is 5.76. The highest BCUT2D eigenvalue weighted by Crippen LogP contribution is 2.25. The minimum Gasteiger partial charge on any atom is -0.504 e. The van der Waals surface area contributed by atoms with Crippen LogP contribution in [0.5, 0.6) is 11.5 Å². The summed E-state index contributed by atoms with van der Waals surface area (Å²) in [5.74, 6) is -2.38. The molecular formula is C15H22N2O5. The Balaban J connectivity index is 2.84. The second-order valence-electron chi connectivity index (χ2n) is 5.56. The van der Waals surface area contributed by atoms with E-state index in [9.17, 15) is 24.9 Å². The lowest BCUT2D eigenvalue weighted by Crippen LogP contribution is -2.56. The van der Waals surface area contributed by atoms with Gasteiger partial charge in [-0.1, -0.05) is 19.4 Å². The normalized spacial score (nSPS) is 14.9. The number of amides is 1. The zero-order valence-corrected chi connectivity index (χ0v) is 12.7. The van der Waals surface area contributed by atoms with Gasteiger partial charge in [0.25, 0.3) is 0 Å². The second-order valence-corrected chi connectivity index (χ2v) is 5.56. The predicted molar refractivity (Wildman–Crippen MR) is 80.5 cm³/mol. The van der Waals surface area contributed by atoms with Crippen molar-refractivity contribution in [2.45, 2.75) is 44.7 Å². The minimum absolute atomic E-state index is 0.0306. The first-order valence-electron chi connectivity index (χ1n) is 7.01. The van der Waals surface area contributed by atoms with Crippen molar-refractivity contribution in [2.75, 3.05) is 0 Å². The average molecular weight is 310 g/mol. The average Bonchev–Trinajstić information content (AvgIpc) is 2.41. The van der Waals surface area contributed by atoms with Gasteiger partial charge in [0.2, 0.25) is 5.91 Å². The summed E-state index contributed by atoms with van der Waals surface area (Å²) < 4.78 is 0. The van der Waals surface area contributed by atoms with E-state index in [1.807, 2.05) is 6.92 Å². The summed E-state index contributed by atoms with van der Waals surface area (Å²) in [5.41, 5.74) is 5.21. The molecule has 6 N–H and O–H groups in total. The minimum atomic E-state index is -1.20. The van der Waals surface area contributed by atoms with E-state index in [-0.39, 0.29) is 17.9 Å². The maximum atomic E-state index is 12.1. The van der Waals surface area contributed by atoms with Crippen molar-refractivity contribution < 1.29 is 24.9 Å². The Morgan fingerprint density at radius 3 is 2.45 bits per heavy atom. The first-order chi connectivity index (χ1) is 10.2. The molecule has 1 aromatic carbocycles. The first kappa shape index (κ1) is 17.8. The third-order valence-corrected chi connectivity index (χ3v) is 3.37. The van der Waals surface area contributed by atoms with Gasteiger partial charge < -0.3 is 26.4 Å². The van der Waals surface area contributed by atoms with Gasteiger partial charge in [-0.25, -0.2) is 4.79 Å². The van der Waals surface area contributed by atoms with Crippen molar-refractivity contribution in [1.29, 1.82) is 0 Å². The molecule has 1 rings (SSSR count). The van der Waals surface area contributed by atoms with Gasteiger partial charge in [0.15, 0.2) is 11.5 Å². The highest BCUT2D eigenvalue weighted by molar-refractivity contribution is 5.89. The smallest absolute Gasteiger partial charge is 0.326 e. The van der Waals surface area contributed by atoms with Crippen molar-refractivity contribution in [3.05, 3.63) is 23.8 Å². The van der Waals surface area contributed by atoms with Crippen LogP contribution in [0.4, 0.5) is 0 Å². The van der Waals surface area contributed by atoms with Crippen LogP contribution in [-0.2, 0) is 16.0 Å². The molecule has 0 aromatic heterocycles. The van der Waals surface area contributed by atoms with Gasteiger partial charge in [-0.05, 0) is 31.0 Å². The summed E-state index contributed by atoms with van der Waals surface area (Å²) in [5, 5.41) is 30.3. The standard InChI is InChI=1S/C15H22N2O5/c1-3-6-15(2,16)14(22)17-10(13(20)21)7-9-4-5-11(18)12(19)8-9/h4-5,8,10,18-19H,3,6-7,16H2,1-2H3,(H,17,22)(H,20,21). The number of aromatic hydroxyl groups is 2. The molecule has 7 heteroatoms. The molecule has 0 fully saturated rings. The molecule has 0 heterocycles. The van der Waals surface area contributed by atoms with Crippen LogP contribution in [0.3, 0.4) is 0 Å². The van der Waals surface area contributed by atoms with Crippen molar-refractivity contribution in [2.24, 2.45) is 5.73 Å². The molecule has 0 radical (unpaired) electrons. The molecule has 0 aliphatic heterocycles. The Morgan fingerprint density at radius 1 is 1.32 bits per heavy atom. The summed E-state index contributed by atoms with van der Waals surface area (Å²) in [6, 6.07) is 2.82. The molecule has 0 spiro atoms. The van der Waals surface area contributed by atoms with Gasteiger partial charge in [-0.3, -0.25) is 4.79 Å². The molecule has 0 saturated heterocycles. The molecule has 2 unspecified atom stereocenters. The number of phenolic OH excluding ortho intramolecular Hbond substituents is 2. The first-order valence-corrected chi connectivity index (χ1v) is 7.01. The van der Waals surface area contributed by atoms with Gasteiger partial charge in [0.05, 0.1) is 5.54 Å². The number of carboxylic acids is 1. The van der Waals surface area contributed by atoms with E-state index in [0.29, 0.717) is 18.4 Å². The molecular weight excluding hydrogens is 288 g/mol. The van der Waals surface area contributed by atoms with E-state index in [2.05, 4.69) is 5.32 Å². The Labute approximate surface area is 128 Å². The number of hydrogen-bond acceptors (Lipinski definition) is 5. The van der Waals surface area contributed by atoms with Crippen LogP contribution in [0.2, 0.25) is 0 Å². The van der Waals surface area contributed by atoms with E-state index < -0.39 is 23.5 Å². The van der Waals surface area contributed by atoms with Crippen molar-refractivity contribution in [3.63, 3.8) is 0 Å². The highest BCUT2D eigenvalue weighted by Gasteiger charge is 2.31. The maximum Gasteiger partial charge on any atom is 0.326 e. The Hall–Kier alpha value is -2.28. The largest absolute Gasteiger partial charge is 0.504 e. The number of hydrogen-bond donors (Lipinski definition) is 5. The molecule has 0 bridgehead atoms. The van der Waals surface area contributed by atoms with Crippen LogP contribution >= 0.6 is 0 Å². The molecule has 2 atom stereocenters. The number of carbonyl (C=O) groups is 2. The topological polar surface area (TPSA) is 133 Å². The summed E-state index contributed by atoms with van der Waals surface area (Å²) in [6.07, 6.45) is 1.10. The molecule has 22 heavy (non-hydrogen) atoms. The fourth-order valence-corrected chi connectivity index (χ4v) is 2.09. The predicted octanol–water partition coefficient (Wildman–Crippen LogP) is 0.727. The van der Waals surface area contributed by atoms with Gasteiger partial charge in [-0.15, -0.1) is 0 Å². The summed E-state index contributed by atoms with van der Waals surface area (Å²) in [7, 11) is 0. The number of aliphatic carboxylic acids is 1. The van der Waals surface area contributed by atoms with E-state index in [1.165, 1.54) is 18.2 Å². The highest BCUT2D eigenvalue weighted by atomic mass is 16.4. The zero-order valence-electron chi connectivity index (χ0n) is 12.7. The van der Waals surface area contributed by atoms with Crippen molar-refractivity contribution >= 4 is 11.9 Å². The summed E-state index contributed by atoms with van der Waals surface area (Å²) >= 11 is 0. The zero-order chi connectivity index (χ0) is 16.9. The fourth-order valence-electron chi connectivity index (χ4n) is 2.09. The SMILES string of the molecule is CCCC(C)(N)C(=O)NC(Cc1ccc(O)c(O)c1)C(=O)O. The Morgan fingerprint density at radius 2 is 1.95 bits per heavy atom. The van der Waals surface area contributed by atoms with Crippen LogP contribution in [-0.4, -0.2) is 38.8 Å². The molecule has 0 aliphatic carbocycles. The molecule has 0 saturated carbocycles. The lowest BCUT2D eigenvalue weighted by Gasteiger charge is -2.25. The third-order valence-electron chi connectivity index (χ3n) is 3.37. The number of nitrogens with one attached hydrogen (secondary N) is 1. The number of carbonyl (C=O) groups excluding carboxylic acids is 1. The number of rotatable bonds is 7. The van der Waals surface area contributed by atoms with E-state index in [1.54, 1.807) is 6.92 Å². The van der Waals surface area contributed by atoms with E-state index in [4.69, 9.17) is 5.73 Å². The van der Waals surface area contributed by atoms with E-state index in [0.717, 1.165) is 0 Å². The monoisotopic (exact) mass is 310 g/mol. The number of benzene rings is 1. The molecule has 0 aliphatic rings. The Bertz CT molecular complexity index is 557. The van der Waals surface area contributed by atoms with E-state index >= 15 is 0 Å². The number of carboxylic acid groups (broad SMARTS) is 1. The van der Waals surface area contributed by atoms with Crippen molar-refractivity contribution in [3.8, 4) is 11.5 Å². The molecule has 1 amide bonds. The summed E-state index contributed by atoms with van der Waals surface area (Å²) in [4.78, 5) is 23.4. The van der Waals surface area contributed by atoms with Crippen molar-refractivity contribution in [1.82, 2.24) is 5.32 Å². The van der Waals surface area contributed by atoms with Crippen LogP contribution in [0, 0.1) is 0 Å². The molecule has 122 valence electrons. The molecule has 1 aromatic rings. The van der Waals surface area contributed by atoms with Crippen LogP contribution < -0.4 is 11.1 Å². The lowest BCUT2D eigenvalue weighted by molar-refractivity contribution is -0.142.